The zero-order valence-electron chi connectivity index (χ0n) is 16.7. The topological polar surface area (TPSA) is 84.5 Å². The molecule has 1 aliphatic carbocycles. The van der Waals surface area contributed by atoms with Crippen molar-refractivity contribution < 1.29 is 19.1 Å². The maximum Gasteiger partial charge on any atom is 0.348 e. The summed E-state index contributed by atoms with van der Waals surface area (Å²) in [6.45, 7) is 4.16. The summed E-state index contributed by atoms with van der Waals surface area (Å²) in [5.41, 5.74) is 1.99. The molecule has 2 N–H and O–H groups in total. The lowest BCUT2D eigenvalue weighted by molar-refractivity contribution is -0.119. The molecule has 0 atom stereocenters. The van der Waals surface area contributed by atoms with E-state index in [9.17, 15) is 14.4 Å². The zero-order chi connectivity index (χ0) is 20.8. The monoisotopic (exact) mass is 414 g/mol. The molecule has 2 amide bonds. The number of hydrogen-bond donors (Lipinski definition) is 2. The van der Waals surface area contributed by atoms with Crippen molar-refractivity contribution in [2.75, 3.05) is 18.5 Å². The second-order valence-electron chi connectivity index (χ2n) is 7.54. The summed E-state index contributed by atoms with van der Waals surface area (Å²) in [5, 5.41) is 5.49. The van der Waals surface area contributed by atoms with Crippen LogP contribution >= 0.6 is 11.3 Å². The van der Waals surface area contributed by atoms with Crippen LogP contribution in [-0.2, 0) is 22.4 Å². The van der Waals surface area contributed by atoms with E-state index in [0.717, 1.165) is 25.7 Å². The number of thiophene rings is 1. The molecule has 1 aromatic carbocycles. The van der Waals surface area contributed by atoms with Crippen LogP contribution in [0.2, 0.25) is 0 Å². The lowest BCUT2D eigenvalue weighted by atomic mass is 9.99. The molecule has 2 aromatic rings. The maximum atomic E-state index is 12.4. The van der Waals surface area contributed by atoms with Gasteiger partial charge in [-0.25, -0.2) is 4.79 Å². The molecule has 0 unspecified atom stereocenters. The summed E-state index contributed by atoms with van der Waals surface area (Å²) in [6.07, 6.45) is 4.29. The summed E-state index contributed by atoms with van der Waals surface area (Å²) in [5.74, 6) is -0.898. The fraction of sp³-hybridized carbons (Fsp3) is 0.409. The summed E-state index contributed by atoms with van der Waals surface area (Å²) >= 11 is 1.45. The summed E-state index contributed by atoms with van der Waals surface area (Å²) in [6, 6.07) is 8.65. The normalized spacial score (nSPS) is 12.9. The van der Waals surface area contributed by atoms with E-state index in [2.05, 4.69) is 10.6 Å². The van der Waals surface area contributed by atoms with Gasteiger partial charge in [0.15, 0.2) is 6.61 Å². The first-order valence-electron chi connectivity index (χ1n) is 9.90. The number of anilines is 1. The smallest absolute Gasteiger partial charge is 0.348 e. The van der Waals surface area contributed by atoms with Crippen LogP contribution in [0.5, 0.6) is 0 Å². The van der Waals surface area contributed by atoms with Crippen molar-refractivity contribution in [3.63, 3.8) is 0 Å². The molecule has 0 radical (unpaired) electrons. The molecule has 0 bridgehead atoms. The van der Waals surface area contributed by atoms with Crippen molar-refractivity contribution in [3.05, 3.63) is 51.2 Å². The number of rotatable bonds is 7. The van der Waals surface area contributed by atoms with Crippen LogP contribution in [0, 0.1) is 5.92 Å². The molecule has 29 heavy (non-hydrogen) atoms. The standard InChI is InChI=1S/C22H26N2O4S/c1-14(2)12-23-21(26)16-8-4-5-9-17(16)24-20(25)13-28-22(27)19-11-15-7-3-6-10-18(15)29-19/h4-5,8-9,11,14H,3,6-7,10,12-13H2,1-2H3,(H,23,26)(H,24,25). The van der Waals surface area contributed by atoms with Gasteiger partial charge in [-0.05, 0) is 55.4 Å². The van der Waals surface area contributed by atoms with E-state index >= 15 is 0 Å². The first kappa shape index (κ1) is 21.0. The van der Waals surface area contributed by atoms with Gasteiger partial charge in [-0.1, -0.05) is 26.0 Å². The third-order valence-corrected chi connectivity index (χ3v) is 5.87. The highest BCUT2D eigenvalue weighted by Crippen LogP contribution is 2.30. The van der Waals surface area contributed by atoms with Gasteiger partial charge >= 0.3 is 5.97 Å². The van der Waals surface area contributed by atoms with E-state index in [1.165, 1.54) is 21.8 Å². The molecule has 0 fully saturated rings. The van der Waals surface area contributed by atoms with Crippen molar-refractivity contribution in [1.82, 2.24) is 5.32 Å². The molecular formula is C22H26N2O4S. The minimum atomic E-state index is -0.484. The predicted octanol–water partition coefficient (Wildman–Crippen LogP) is 3.81. The maximum absolute atomic E-state index is 12.4. The SMILES string of the molecule is CC(C)CNC(=O)c1ccccc1NC(=O)COC(=O)c1cc2c(s1)CCCC2. The molecule has 7 heteroatoms. The largest absolute Gasteiger partial charge is 0.451 e. The second-order valence-corrected chi connectivity index (χ2v) is 8.68. The Balaban J connectivity index is 1.56. The van der Waals surface area contributed by atoms with Crippen molar-refractivity contribution in [2.45, 2.75) is 39.5 Å². The van der Waals surface area contributed by atoms with E-state index in [4.69, 9.17) is 4.74 Å². The fourth-order valence-electron chi connectivity index (χ4n) is 3.16. The van der Waals surface area contributed by atoms with Crippen LogP contribution in [0.4, 0.5) is 5.69 Å². The Bertz CT molecular complexity index is 880. The third kappa shape index (κ3) is 5.67. The molecule has 0 saturated heterocycles. The Morgan fingerprint density at radius 3 is 2.66 bits per heavy atom. The van der Waals surface area contributed by atoms with Crippen molar-refractivity contribution in [3.8, 4) is 0 Å². The van der Waals surface area contributed by atoms with Gasteiger partial charge in [0, 0.05) is 11.4 Å². The van der Waals surface area contributed by atoms with E-state index in [1.54, 1.807) is 24.3 Å². The van der Waals surface area contributed by atoms with Crippen LogP contribution in [0.15, 0.2) is 30.3 Å². The highest BCUT2D eigenvalue weighted by Gasteiger charge is 2.19. The van der Waals surface area contributed by atoms with Crippen molar-refractivity contribution in [2.24, 2.45) is 5.92 Å². The van der Waals surface area contributed by atoms with E-state index in [1.807, 2.05) is 19.9 Å². The van der Waals surface area contributed by atoms with Crippen molar-refractivity contribution in [1.29, 1.82) is 0 Å². The van der Waals surface area contributed by atoms with E-state index in [0.29, 0.717) is 28.6 Å². The fourth-order valence-corrected chi connectivity index (χ4v) is 4.31. The van der Waals surface area contributed by atoms with Crippen LogP contribution in [0.25, 0.3) is 0 Å². The highest BCUT2D eigenvalue weighted by atomic mass is 32.1. The van der Waals surface area contributed by atoms with Crippen LogP contribution in [-0.4, -0.2) is 30.9 Å². The molecule has 0 aliphatic heterocycles. The van der Waals surface area contributed by atoms with Crippen LogP contribution in [0.1, 0.15) is 57.2 Å². The molecule has 1 aromatic heterocycles. The molecule has 0 spiro atoms. The average Bonchev–Trinajstić information content (AvgIpc) is 3.15. The summed E-state index contributed by atoms with van der Waals surface area (Å²) in [7, 11) is 0. The number of ether oxygens (including phenoxy) is 1. The van der Waals surface area contributed by atoms with E-state index < -0.39 is 18.5 Å². The molecule has 1 aliphatic rings. The number of fused-ring (bicyclic) bond motifs is 1. The quantitative estimate of drug-likeness (QED) is 0.675. The predicted molar refractivity (Wildman–Crippen MR) is 113 cm³/mol. The van der Waals surface area contributed by atoms with Gasteiger partial charge in [-0.3, -0.25) is 9.59 Å². The van der Waals surface area contributed by atoms with Gasteiger partial charge in [-0.2, -0.15) is 0 Å². The first-order chi connectivity index (χ1) is 13.9. The number of nitrogens with one attached hydrogen (secondary N) is 2. The zero-order valence-corrected chi connectivity index (χ0v) is 17.6. The van der Waals surface area contributed by atoms with Gasteiger partial charge in [0.05, 0.1) is 11.3 Å². The number of carbonyl (C=O) groups excluding carboxylic acids is 3. The lowest BCUT2D eigenvalue weighted by Gasteiger charge is -2.12. The van der Waals surface area contributed by atoms with Crippen LogP contribution in [0.3, 0.4) is 0 Å². The molecule has 1 heterocycles. The van der Waals surface area contributed by atoms with Crippen LogP contribution < -0.4 is 10.6 Å². The molecule has 154 valence electrons. The number of para-hydroxylation sites is 1. The molecule has 6 nitrogen and oxygen atoms in total. The van der Waals surface area contributed by atoms with Gasteiger partial charge in [0.1, 0.15) is 4.88 Å². The minimum Gasteiger partial charge on any atom is -0.451 e. The van der Waals surface area contributed by atoms with Gasteiger partial charge in [0.2, 0.25) is 0 Å². The first-order valence-corrected chi connectivity index (χ1v) is 10.7. The van der Waals surface area contributed by atoms with E-state index in [-0.39, 0.29) is 5.91 Å². The van der Waals surface area contributed by atoms with Gasteiger partial charge in [-0.15, -0.1) is 11.3 Å². The molecular weight excluding hydrogens is 388 g/mol. The summed E-state index contributed by atoms with van der Waals surface area (Å²) < 4.78 is 5.18. The number of carbonyl (C=O) groups is 3. The number of hydrogen-bond acceptors (Lipinski definition) is 5. The Labute approximate surface area is 174 Å². The Hall–Kier alpha value is -2.67. The Kier molecular flexibility index (Phi) is 7.04. The minimum absolute atomic E-state index is 0.254. The highest BCUT2D eigenvalue weighted by molar-refractivity contribution is 7.14. The number of esters is 1. The Morgan fingerprint density at radius 1 is 1.14 bits per heavy atom. The van der Waals surface area contributed by atoms with Gasteiger partial charge in [0.25, 0.3) is 11.8 Å². The third-order valence-electron chi connectivity index (χ3n) is 4.65. The Morgan fingerprint density at radius 2 is 1.90 bits per heavy atom. The molecule has 0 saturated carbocycles. The summed E-state index contributed by atoms with van der Waals surface area (Å²) in [4.78, 5) is 38.7. The lowest BCUT2D eigenvalue weighted by Crippen LogP contribution is -2.29. The second kappa shape index (κ2) is 9.69. The molecule has 3 rings (SSSR count). The number of benzene rings is 1. The van der Waals surface area contributed by atoms with Crippen molar-refractivity contribution >= 4 is 34.8 Å². The van der Waals surface area contributed by atoms with Gasteiger partial charge < -0.3 is 15.4 Å². The number of aryl methyl sites for hydroxylation is 2. The number of amides is 2. The average molecular weight is 415 g/mol.